The largest absolute Gasteiger partial charge is 0.366 e. The molecule has 0 saturated carbocycles. The standard InChI is InChI=1S/C17H13N3S/c1-2-6-12(7-3-1)15-10-18-11-16(21-15)17-19-13-8-4-5-9-14(13)20-17/h1-11,18H,(H,19,20). The summed E-state index contributed by atoms with van der Waals surface area (Å²) in [5.74, 6) is 0.898. The molecule has 0 unspecified atom stereocenters. The molecule has 4 heteroatoms. The molecule has 1 aliphatic heterocycles. The van der Waals surface area contributed by atoms with Crippen LogP contribution in [0, 0.1) is 0 Å². The summed E-state index contributed by atoms with van der Waals surface area (Å²) in [6.45, 7) is 0. The minimum absolute atomic E-state index is 0.898. The molecule has 102 valence electrons. The topological polar surface area (TPSA) is 40.7 Å². The van der Waals surface area contributed by atoms with Crippen molar-refractivity contribution >= 4 is 32.6 Å². The van der Waals surface area contributed by atoms with Crippen LogP contribution in [0.4, 0.5) is 0 Å². The molecule has 2 N–H and O–H groups in total. The van der Waals surface area contributed by atoms with E-state index in [1.54, 1.807) is 11.8 Å². The van der Waals surface area contributed by atoms with Crippen molar-refractivity contribution in [2.24, 2.45) is 0 Å². The molecule has 3 aromatic rings. The minimum Gasteiger partial charge on any atom is -0.366 e. The van der Waals surface area contributed by atoms with Crippen molar-refractivity contribution in [1.29, 1.82) is 0 Å². The Morgan fingerprint density at radius 1 is 0.810 bits per heavy atom. The fourth-order valence-electron chi connectivity index (χ4n) is 2.30. The molecule has 4 rings (SSSR count). The SMILES string of the molecule is C1=C(c2ccccc2)SC(c2nc3ccccc3[nH]2)=CN1. The van der Waals surface area contributed by atoms with Gasteiger partial charge in [-0.3, -0.25) is 0 Å². The molecule has 0 fully saturated rings. The summed E-state index contributed by atoms with van der Waals surface area (Å²) in [6, 6.07) is 18.4. The maximum absolute atomic E-state index is 4.65. The average molecular weight is 291 g/mol. The van der Waals surface area contributed by atoms with E-state index >= 15 is 0 Å². The number of nitrogens with zero attached hydrogens (tertiary/aromatic N) is 1. The number of H-pyrrole nitrogens is 1. The number of aromatic amines is 1. The van der Waals surface area contributed by atoms with E-state index in [-0.39, 0.29) is 0 Å². The molecule has 0 saturated heterocycles. The summed E-state index contributed by atoms with van der Waals surface area (Å²) in [4.78, 5) is 10.3. The van der Waals surface area contributed by atoms with Crippen LogP contribution in [0.15, 0.2) is 67.0 Å². The molecule has 3 nitrogen and oxygen atoms in total. The predicted octanol–water partition coefficient (Wildman–Crippen LogP) is 4.20. The van der Waals surface area contributed by atoms with Crippen LogP contribution in [-0.2, 0) is 0 Å². The molecular weight excluding hydrogens is 278 g/mol. The van der Waals surface area contributed by atoms with Crippen LogP contribution in [0.25, 0.3) is 20.8 Å². The second-order valence-corrected chi connectivity index (χ2v) is 5.84. The van der Waals surface area contributed by atoms with E-state index in [2.05, 4.69) is 39.6 Å². The van der Waals surface area contributed by atoms with Gasteiger partial charge in [0, 0.05) is 17.3 Å². The molecule has 0 atom stereocenters. The van der Waals surface area contributed by atoms with E-state index in [9.17, 15) is 0 Å². The van der Waals surface area contributed by atoms with Crippen molar-refractivity contribution in [2.45, 2.75) is 0 Å². The summed E-state index contributed by atoms with van der Waals surface area (Å²) in [7, 11) is 0. The Morgan fingerprint density at radius 2 is 1.57 bits per heavy atom. The van der Waals surface area contributed by atoms with Crippen LogP contribution in [-0.4, -0.2) is 9.97 Å². The third kappa shape index (κ3) is 2.34. The van der Waals surface area contributed by atoms with Gasteiger partial charge < -0.3 is 10.3 Å². The lowest BCUT2D eigenvalue weighted by Gasteiger charge is -2.14. The van der Waals surface area contributed by atoms with Gasteiger partial charge in [-0.1, -0.05) is 54.2 Å². The van der Waals surface area contributed by atoms with Crippen molar-refractivity contribution in [3.63, 3.8) is 0 Å². The lowest BCUT2D eigenvalue weighted by atomic mass is 10.2. The van der Waals surface area contributed by atoms with Crippen LogP contribution in [0.1, 0.15) is 11.4 Å². The van der Waals surface area contributed by atoms with Crippen LogP contribution in [0.3, 0.4) is 0 Å². The number of para-hydroxylation sites is 2. The third-order valence-corrected chi connectivity index (χ3v) is 4.43. The number of thioether (sulfide) groups is 1. The Balaban J connectivity index is 1.66. The quantitative estimate of drug-likeness (QED) is 0.743. The van der Waals surface area contributed by atoms with Gasteiger partial charge in [-0.05, 0) is 17.7 Å². The van der Waals surface area contributed by atoms with E-state index in [1.807, 2.05) is 42.7 Å². The highest BCUT2D eigenvalue weighted by Gasteiger charge is 2.14. The van der Waals surface area contributed by atoms with Gasteiger partial charge in [0.15, 0.2) is 0 Å². The van der Waals surface area contributed by atoms with Crippen molar-refractivity contribution in [1.82, 2.24) is 15.3 Å². The Kier molecular flexibility index (Phi) is 3.01. The highest BCUT2D eigenvalue weighted by Crippen LogP contribution is 2.39. The van der Waals surface area contributed by atoms with Crippen molar-refractivity contribution in [2.75, 3.05) is 0 Å². The van der Waals surface area contributed by atoms with Gasteiger partial charge in [0.05, 0.1) is 15.9 Å². The summed E-state index contributed by atoms with van der Waals surface area (Å²) in [6.07, 6.45) is 4.00. The molecule has 0 bridgehead atoms. The van der Waals surface area contributed by atoms with Crippen LogP contribution < -0.4 is 5.32 Å². The summed E-state index contributed by atoms with van der Waals surface area (Å²) in [5.41, 5.74) is 3.26. The monoisotopic (exact) mass is 291 g/mol. The fourth-order valence-corrected chi connectivity index (χ4v) is 3.24. The first-order chi connectivity index (χ1) is 10.4. The Hall–Kier alpha value is -2.46. The zero-order chi connectivity index (χ0) is 14.1. The van der Waals surface area contributed by atoms with Gasteiger partial charge in [0.25, 0.3) is 0 Å². The van der Waals surface area contributed by atoms with Crippen LogP contribution in [0.5, 0.6) is 0 Å². The van der Waals surface area contributed by atoms with E-state index in [4.69, 9.17) is 0 Å². The summed E-state index contributed by atoms with van der Waals surface area (Å²) in [5, 5.41) is 3.22. The summed E-state index contributed by atoms with van der Waals surface area (Å²) >= 11 is 1.72. The highest BCUT2D eigenvalue weighted by atomic mass is 32.2. The smallest absolute Gasteiger partial charge is 0.146 e. The lowest BCUT2D eigenvalue weighted by Crippen LogP contribution is -2.02. The predicted molar refractivity (Wildman–Crippen MR) is 89.2 cm³/mol. The molecule has 2 aromatic carbocycles. The second-order valence-electron chi connectivity index (χ2n) is 4.75. The summed E-state index contributed by atoms with van der Waals surface area (Å²) < 4.78 is 0. The first-order valence-corrected chi connectivity index (χ1v) is 7.56. The average Bonchev–Trinajstić information content (AvgIpc) is 3.00. The maximum Gasteiger partial charge on any atom is 0.146 e. The number of benzene rings is 2. The number of nitrogens with one attached hydrogen (secondary N) is 2. The van der Waals surface area contributed by atoms with Crippen molar-refractivity contribution in [3.8, 4) is 0 Å². The Morgan fingerprint density at radius 3 is 2.43 bits per heavy atom. The van der Waals surface area contributed by atoms with Gasteiger partial charge in [-0.25, -0.2) is 4.98 Å². The molecule has 2 heterocycles. The Labute approximate surface area is 126 Å². The molecule has 0 radical (unpaired) electrons. The van der Waals surface area contributed by atoms with Gasteiger partial charge in [-0.2, -0.15) is 0 Å². The van der Waals surface area contributed by atoms with E-state index < -0.39 is 0 Å². The first kappa shape index (κ1) is 12.3. The molecule has 0 spiro atoms. The molecule has 0 amide bonds. The maximum atomic E-state index is 4.65. The zero-order valence-corrected chi connectivity index (χ0v) is 12.0. The van der Waals surface area contributed by atoms with Gasteiger partial charge in [0.2, 0.25) is 0 Å². The van der Waals surface area contributed by atoms with E-state index in [0.717, 1.165) is 21.8 Å². The number of fused-ring (bicyclic) bond motifs is 1. The van der Waals surface area contributed by atoms with E-state index in [0.29, 0.717) is 0 Å². The number of hydrogen-bond acceptors (Lipinski definition) is 3. The molecule has 0 aliphatic carbocycles. The lowest BCUT2D eigenvalue weighted by molar-refractivity contribution is 1.19. The zero-order valence-electron chi connectivity index (χ0n) is 11.2. The molecule has 1 aromatic heterocycles. The van der Waals surface area contributed by atoms with E-state index in [1.165, 1.54) is 10.5 Å². The molecular formula is C17H13N3S. The number of hydrogen-bond donors (Lipinski definition) is 2. The Bertz CT molecular complexity index is 814. The third-order valence-electron chi connectivity index (χ3n) is 3.33. The fraction of sp³-hybridized carbons (Fsp3) is 0. The second kappa shape index (κ2) is 5.14. The van der Waals surface area contributed by atoms with Crippen molar-refractivity contribution < 1.29 is 0 Å². The molecule has 21 heavy (non-hydrogen) atoms. The van der Waals surface area contributed by atoms with Crippen LogP contribution >= 0.6 is 11.8 Å². The van der Waals surface area contributed by atoms with Gasteiger partial charge in [-0.15, -0.1) is 0 Å². The normalized spacial score (nSPS) is 14.5. The van der Waals surface area contributed by atoms with Crippen LogP contribution in [0.2, 0.25) is 0 Å². The number of imidazole rings is 1. The minimum atomic E-state index is 0.898. The number of rotatable bonds is 2. The molecule has 1 aliphatic rings. The van der Waals surface area contributed by atoms with Crippen molar-refractivity contribution in [3.05, 3.63) is 78.4 Å². The van der Waals surface area contributed by atoms with Gasteiger partial charge in [0.1, 0.15) is 5.82 Å². The highest BCUT2D eigenvalue weighted by molar-refractivity contribution is 8.16. The first-order valence-electron chi connectivity index (χ1n) is 6.75. The van der Waals surface area contributed by atoms with Gasteiger partial charge >= 0.3 is 0 Å². The number of aromatic nitrogens is 2.